The number of benzene rings is 2. The number of aromatic nitrogens is 1. The van der Waals surface area contributed by atoms with E-state index >= 15 is 0 Å². The standard InChI is InChI=1S/C25H24F3N3O4/c1-31(2)12-22(32)35-13-16-11-19(23(33)29-16)14-7-8-15-10-21(30-24(34)18(15)9-14)17-5-3-4-6-20(17)25(26,27)28/h3-10,16,19H,11-13H2,1-2H3,(H,29,33)(H,30,34)/t16-,19-/m1/s1. The molecule has 1 aromatic heterocycles. The lowest BCUT2D eigenvalue weighted by atomic mass is 9.93. The molecule has 0 saturated carbocycles. The third-order valence-electron chi connectivity index (χ3n) is 5.87. The van der Waals surface area contributed by atoms with E-state index in [2.05, 4.69) is 10.3 Å². The van der Waals surface area contributed by atoms with Crippen LogP contribution >= 0.6 is 0 Å². The monoisotopic (exact) mass is 487 g/mol. The summed E-state index contributed by atoms with van der Waals surface area (Å²) in [5.74, 6) is -1.18. The van der Waals surface area contributed by atoms with E-state index < -0.39 is 29.2 Å². The SMILES string of the molecule is CN(C)CC(=O)OC[C@H]1C[C@H](c2ccc3cc(-c4ccccc4C(F)(F)F)[nH]c(=O)c3c2)C(=O)N1. The minimum atomic E-state index is -4.57. The van der Waals surface area contributed by atoms with Gasteiger partial charge >= 0.3 is 12.1 Å². The Bertz CT molecular complexity index is 1330. The Kier molecular flexibility index (Phi) is 6.66. The van der Waals surface area contributed by atoms with E-state index in [1.54, 1.807) is 37.2 Å². The van der Waals surface area contributed by atoms with E-state index in [0.29, 0.717) is 17.4 Å². The number of alkyl halides is 3. The Balaban J connectivity index is 1.58. The average molecular weight is 487 g/mol. The Morgan fingerprint density at radius 2 is 1.86 bits per heavy atom. The average Bonchev–Trinajstić information content (AvgIpc) is 3.17. The number of carbonyl (C=O) groups is 2. The molecule has 2 N–H and O–H groups in total. The van der Waals surface area contributed by atoms with Gasteiger partial charge in [-0.3, -0.25) is 19.3 Å². The van der Waals surface area contributed by atoms with Crippen molar-refractivity contribution in [3.8, 4) is 11.3 Å². The summed E-state index contributed by atoms with van der Waals surface area (Å²) in [7, 11) is 3.49. The lowest BCUT2D eigenvalue weighted by Gasteiger charge is -2.14. The van der Waals surface area contributed by atoms with E-state index in [0.717, 1.165) is 6.07 Å². The second-order valence-electron chi connectivity index (χ2n) is 8.82. The van der Waals surface area contributed by atoms with Crippen molar-refractivity contribution in [3.05, 3.63) is 70.0 Å². The summed E-state index contributed by atoms with van der Waals surface area (Å²) in [5, 5.41) is 3.53. The molecule has 2 heterocycles. The van der Waals surface area contributed by atoms with Gasteiger partial charge in [0.2, 0.25) is 5.91 Å². The van der Waals surface area contributed by atoms with Crippen LogP contribution in [0.1, 0.15) is 23.5 Å². The molecule has 0 unspecified atom stereocenters. The molecule has 10 heteroatoms. The molecule has 1 aliphatic rings. The van der Waals surface area contributed by atoms with E-state index in [-0.39, 0.29) is 41.7 Å². The van der Waals surface area contributed by atoms with Crippen LogP contribution in [0.25, 0.3) is 22.0 Å². The number of nitrogens with one attached hydrogen (secondary N) is 2. The molecular formula is C25H24F3N3O4. The summed E-state index contributed by atoms with van der Waals surface area (Å²) in [4.78, 5) is 41.3. The number of pyridine rings is 1. The van der Waals surface area contributed by atoms with Gasteiger partial charge in [0.1, 0.15) is 6.61 Å². The Labute approximate surface area is 198 Å². The molecule has 0 bridgehead atoms. The Morgan fingerprint density at radius 1 is 1.11 bits per heavy atom. The number of halogens is 3. The maximum absolute atomic E-state index is 13.4. The molecule has 7 nitrogen and oxygen atoms in total. The highest BCUT2D eigenvalue weighted by Gasteiger charge is 2.35. The summed E-state index contributed by atoms with van der Waals surface area (Å²) in [6, 6.07) is 11.1. The number of hydrogen-bond donors (Lipinski definition) is 2. The summed E-state index contributed by atoms with van der Waals surface area (Å²) < 4.78 is 45.5. The van der Waals surface area contributed by atoms with Crippen molar-refractivity contribution in [1.82, 2.24) is 15.2 Å². The topological polar surface area (TPSA) is 91.5 Å². The second-order valence-corrected chi connectivity index (χ2v) is 8.82. The van der Waals surface area contributed by atoms with Gasteiger partial charge in [-0.25, -0.2) is 0 Å². The molecule has 1 aliphatic heterocycles. The van der Waals surface area contributed by atoms with Crippen LogP contribution in [0.4, 0.5) is 13.2 Å². The van der Waals surface area contributed by atoms with E-state index in [9.17, 15) is 27.6 Å². The fraction of sp³-hybridized carbons (Fsp3) is 0.320. The maximum Gasteiger partial charge on any atom is 0.417 e. The number of nitrogens with zero attached hydrogens (tertiary/aromatic N) is 1. The highest BCUT2D eigenvalue weighted by Crippen LogP contribution is 2.37. The molecule has 1 saturated heterocycles. The van der Waals surface area contributed by atoms with Gasteiger partial charge in [-0.2, -0.15) is 13.2 Å². The highest BCUT2D eigenvalue weighted by molar-refractivity contribution is 5.90. The summed E-state index contributed by atoms with van der Waals surface area (Å²) in [6.07, 6.45) is -4.19. The third-order valence-corrected chi connectivity index (χ3v) is 5.87. The van der Waals surface area contributed by atoms with Crippen LogP contribution in [0.5, 0.6) is 0 Å². The Morgan fingerprint density at radius 3 is 2.57 bits per heavy atom. The summed E-state index contributed by atoms with van der Waals surface area (Å²) in [5.41, 5.74) is -0.854. The minimum absolute atomic E-state index is 0.0467. The molecular weight excluding hydrogens is 463 g/mol. The predicted octanol–water partition coefficient (Wildman–Crippen LogP) is 3.29. The number of aromatic amines is 1. The van der Waals surface area contributed by atoms with Crippen LogP contribution in [0.3, 0.4) is 0 Å². The van der Waals surface area contributed by atoms with Gasteiger partial charge in [0.25, 0.3) is 5.56 Å². The molecule has 1 amide bonds. The number of ether oxygens (including phenoxy) is 1. The van der Waals surface area contributed by atoms with Gasteiger partial charge in [-0.1, -0.05) is 30.3 Å². The van der Waals surface area contributed by atoms with Crippen molar-refractivity contribution in [2.45, 2.75) is 24.6 Å². The van der Waals surface area contributed by atoms with Crippen molar-refractivity contribution >= 4 is 22.6 Å². The van der Waals surface area contributed by atoms with Crippen molar-refractivity contribution < 1.29 is 27.5 Å². The van der Waals surface area contributed by atoms with E-state index in [1.807, 2.05) is 0 Å². The Hall–Kier alpha value is -3.66. The normalized spacial score (nSPS) is 18.2. The summed E-state index contributed by atoms with van der Waals surface area (Å²) >= 11 is 0. The number of rotatable bonds is 6. The van der Waals surface area contributed by atoms with Crippen molar-refractivity contribution in [3.63, 3.8) is 0 Å². The largest absolute Gasteiger partial charge is 0.463 e. The van der Waals surface area contributed by atoms with Gasteiger partial charge in [-0.15, -0.1) is 0 Å². The predicted molar refractivity (Wildman–Crippen MR) is 124 cm³/mol. The van der Waals surface area contributed by atoms with Gasteiger partial charge in [0.15, 0.2) is 0 Å². The fourth-order valence-electron chi connectivity index (χ4n) is 4.25. The zero-order chi connectivity index (χ0) is 25.3. The fourth-order valence-corrected chi connectivity index (χ4v) is 4.25. The van der Waals surface area contributed by atoms with E-state index in [4.69, 9.17) is 4.74 Å². The van der Waals surface area contributed by atoms with Crippen LogP contribution in [-0.4, -0.2) is 55.0 Å². The molecule has 0 spiro atoms. The number of carbonyl (C=O) groups excluding carboxylic acids is 2. The zero-order valence-electron chi connectivity index (χ0n) is 19.1. The lowest BCUT2D eigenvalue weighted by molar-refractivity contribution is -0.145. The lowest BCUT2D eigenvalue weighted by Crippen LogP contribution is -2.33. The number of likely N-dealkylation sites (N-methyl/N-ethyl adjacent to an activating group) is 1. The molecule has 35 heavy (non-hydrogen) atoms. The van der Waals surface area contributed by atoms with Crippen molar-refractivity contribution in [2.24, 2.45) is 0 Å². The molecule has 184 valence electrons. The first-order valence-corrected chi connectivity index (χ1v) is 11.0. The number of amides is 1. The molecule has 4 rings (SSSR count). The first-order valence-electron chi connectivity index (χ1n) is 11.0. The van der Waals surface area contributed by atoms with Crippen molar-refractivity contribution in [2.75, 3.05) is 27.2 Å². The first kappa shape index (κ1) is 24.5. The highest BCUT2D eigenvalue weighted by atomic mass is 19.4. The van der Waals surface area contributed by atoms with Crippen LogP contribution in [0, 0.1) is 0 Å². The van der Waals surface area contributed by atoms with E-state index in [1.165, 1.54) is 24.3 Å². The van der Waals surface area contributed by atoms with Crippen LogP contribution < -0.4 is 10.9 Å². The number of esters is 1. The minimum Gasteiger partial charge on any atom is -0.463 e. The quantitative estimate of drug-likeness (QED) is 0.521. The molecule has 0 radical (unpaired) electrons. The zero-order valence-corrected chi connectivity index (χ0v) is 19.1. The van der Waals surface area contributed by atoms with Gasteiger partial charge in [0.05, 0.1) is 24.1 Å². The smallest absolute Gasteiger partial charge is 0.417 e. The molecule has 3 aromatic rings. The molecule has 2 aromatic carbocycles. The second kappa shape index (κ2) is 9.53. The molecule has 1 fully saturated rings. The van der Waals surface area contributed by atoms with Crippen LogP contribution in [0.2, 0.25) is 0 Å². The molecule has 0 aliphatic carbocycles. The van der Waals surface area contributed by atoms with Crippen LogP contribution in [0.15, 0.2) is 53.3 Å². The van der Waals surface area contributed by atoms with Crippen LogP contribution in [-0.2, 0) is 20.5 Å². The molecule has 2 atom stereocenters. The van der Waals surface area contributed by atoms with Gasteiger partial charge in [0, 0.05) is 16.6 Å². The van der Waals surface area contributed by atoms with Gasteiger partial charge < -0.3 is 15.0 Å². The summed E-state index contributed by atoms with van der Waals surface area (Å²) in [6.45, 7) is 0.179. The first-order chi connectivity index (χ1) is 16.5. The third kappa shape index (κ3) is 5.37. The maximum atomic E-state index is 13.4. The van der Waals surface area contributed by atoms with Crippen molar-refractivity contribution in [1.29, 1.82) is 0 Å². The number of fused-ring (bicyclic) bond motifs is 1. The van der Waals surface area contributed by atoms with Gasteiger partial charge in [-0.05, 0) is 49.7 Å². The number of H-pyrrole nitrogens is 1. The number of hydrogen-bond acceptors (Lipinski definition) is 5.